The molecule has 1 unspecified atom stereocenters. The lowest BCUT2D eigenvalue weighted by Crippen LogP contribution is -2.45. The largest absolute Gasteiger partial charge is 0.573 e. The van der Waals surface area contributed by atoms with Crippen molar-refractivity contribution < 1.29 is 22.7 Å². The minimum Gasteiger partial charge on any atom is -0.406 e. The zero-order valence-corrected chi connectivity index (χ0v) is 19.8. The maximum Gasteiger partial charge on any atom is 0.573 e. The minimum atomic E-state index is -4.73. The van der Waals surface area contributed by atoms with Gasteiger partial charge in [0.25, 0.3) is 0 Å². The number of carbonyl (C=O) groups excluding carboxylic acids is 1. The van der Waals surface area contributed by atoms with E-state index in [1.807, 2.05) is 20.8 Å². The number of fused-ring (bicyclic) bond motifs is 1. The zero-order valence-electron chi connectivity index (χ0n) is 19.8. The summed E-state index contributed by atoms with van der Waals surface area (Å²) in [7, 11) is 1.75. The van der Waals surface area contributed by atoms with Gasteiger partial charge in [-0.05, 0) is 51.3 Å². The number of nitrogens with one attached hydrogen (secondary N) is 1. The molecule has 2 heterocycles. The highest BCUT2D eigenvalue weighted by Gasteiger charge is 2.41. The molecule has 1 fully saturated rings. The SMILES string of the molecule is CC(Nc1ncc2c(n1)N(C1CCCC1)CC(C)(C)C(=O)N2C)c1ccc(OC(F)(F)F)cc1. The lowest BCUT2D eigenvalue weighted by molar-refractivity contribution is -0.274. The highest BCUT2D eigenvalue weighted by atomic mass is 19.4. The second kappa shape index (κ2) is 8.96. The molecule has 1 aliphatic heterocycles. The highest BCUT2D eigenvalue weighted by Crippen LogP contribution is 2.40. The first-order valence-electron chi connectivity index (χ1n) is 11.5. The van der Waals surface area contributed by atoms with E-state index in [0.717, 1.165) is 37.1 Å². The topological polar surface area (TPSA) is 70.6 Å². The Hall–Kier alpha value is -3.04. The van der Waals surface area contributed by atoms with Gasteiger partial charge in [0.1, 0.15) is 11.4 Å². The molecule has 7 nitrogen and oxygen atoms in total. The molecular formula is C24H30F3N5O2. The summed E-state index contributed by atoms with van der Waals surface area (Å²) >= 11 is 0. The Bertz CT molecular complexity index is 1040. The Morgan fingerprint density at radius 3 is 2.44 bits per heavy atom. The Balaban J connectivity index is 1.60. The van der Waals surface area contributed by atoms with Gasteiger partial charge in [0.15, 0.2) is 5.82 Å². The first kappa shape index (κ1) is 24.1. The molecule has 1 atom stereocenters. The van der Waals surface area contributed by atoms with Crippen LogP contribution in [0.1, 0.15) is 58.1 Å². The fraction of sp³-hybridized carbons (Fsp3) is 0.542. The van der Waals surface area contributed by atoms with Crippen LogP contribution in [0.4, 0.5) is 30.6 Å². The molecule has 1 saturated carbocycles. The number of anilines is 3. The summed E-state index contributed by atoms with van der Waals surface area (Å²) < 4.78 is 41.2. The van der Waals surface area contributed by atoms with Crippen molar-refractivity contribution in [2.24, 2.45) is 5.41 Å². The molecular weight excluding hydrogens is 447 g/mol. The normalized spacial score (nSPS) is 19.6. The van der Waals surface area contributed by atoms with Gasteiger partial charge in [0, 0.05) is 19.6 Å². The zero-order chi connectivity index (χ0) is 24.7. The molecule has 4 rings (SSSR count). The van der Waals surface area contributed by atoms with Crippen molar-refractivity contribution in [3.8, 4) is 5.75 Å². The fourth-order valence-corrected chi connectivity index (χ4v) is 4.77. The van der Waals surface area contributed by atoms with Crippen molar-refractivity contribution in [1.29, 1.82) is 0 Å². The summed E-state index contributed by atoms with van der Waals surface area (Å²) in [6, 6.07) is 5.76. The number of hydrogen-bond donors (Lipinski definition) is 1. The predicted molar refractivity (Wildman–Crippen MR) is 124 cm³/mol. The Morgan fingerprint density at radius 2 is 1.82 bits per heavy atom. The van der Waals surface area contributed by atoms with Crippen LogP contribution in [0.5, 0.6) is 5.75 Å². The molecule has 0 saturated heterocycles. The van der Waals surface area contributed by atoms with Gasteiger partial charge in [-0.1, -0.05) is 25.0 Å². The number of halogens is 3. The van der Waals surface area contributed by atoms with Crippen LogP contribution in [0, 0.1) is 5.41 Å². The van der Waals surface area contributed by atoms with E-state index in [2.05, 4.69) is 19.9 Å². The van der Waals surface area contributed by atoms with Gasteiger partial charge in [0.2, 0.25) is 11.9 Å². The van der Waals surface area contributed by atoms with Crippen LogP contribution < -0.4 is 19.9 Å². The number of alkyl halides is 3. The summed E-state index contributed by atoms with van der Waals surface area (Å²) in [5, 5.41) is 3.24. The van der Waals surface area contributed by atoms with Crippen LogP contribution in [0.15, 0.2) is 30.5 Å². The third kappa shape index (κ3) is 5.05. The maximum absolute atomic E-state index is 13.1. The van der Waals surface area contributed by atoms with Crippen LogP contribution in [0.2, 0.25) is 0 Å². The molecule has 1 aromatic carbocycles. The number of aromatic nitrogens is 2. The Labute approximate surface area is 197 Å². The summed E-state index contributed by atoms with van der Waals surface area (Å²) in [6.07, 6.45) is 1.37. The third-order valence-corrected chi connectivity index (χ3v) is 6.56. The van der Waals surface area contributed by atoms with Gasteiger partial charge in [0.05, 0.1) is 17.7 Å². The second-order valence-corrected chi connectivity index (χ2v) is 9.70. The molecule has 0 radical (unpaired) electrons. The van der Waals surface area contributed by atoms with Gasteiger partial charge in [-0.25, -0.2) is 4.98 Å². The van der Waals surface area contributed by atoms with E-state index in [1.165, 1.54) is 12.1 Å². The second-order valence-electron chi connectivity index (χ2n) is 9.70. The number of benzene rings is 1. The van der Waals surface area contributed by atoms with Crippen LogP contribution in [-0.4, -0.2) is 41.9 Å². The molecule has 1 amide bonds. The lowest BCUT2D eigenvalue weighted by Gasteiger charge is -2.34. The summed E-state index contributed by atoms with van der Waals surface area (Å²) in [4.78, 5) is 26.2. The molecule has 1 aliphatic carbocycles. The van der Waals surface area contributed by atoms with E-state index in [0.29, 0.717) is 24.2 Å². The number of ether oxygens (including phenoxy) is 1. The minimum absolute atomic E-state index is 0.0214. The van der Waals surface area contributed by atoms with E-state index >= 15 is 0 Å². The van der Waals surface area contributed by atoms with Crippen molar-refractivity contribution in [1.82, 2.24) is 9.97 Å². The third-order valence-electron chi connectivity index (χ3n) is 6.56. The van der Waals surface area contributed by atoms with Gasteiger partial charge < -0.3 is 19.9 Å². The molecule has 1 aromatic heterocycles. The quantitative estimate of drug-likeness (QED) is 0.630. The van der Waals surface area contributed by atoms with E-state index < -0.39 is 11.8 Å². The van der Waals surface area contributed by atoms with Crippen LogP contribution in [-0.2, 0) is 4.79 Å². The molecule has 1 N–H and O–H groups in total. The summed E-state index contributed by atoms with van der Waals surface area (Å²) in [6.45, 7) is 6.36. The maximum atomic E-state index is 13.1. The number of hydrogen-bond acceptors (Lipinski definition) is 6. The monoisotopic (exact) mass is 477 g/mol. The van der Waals surface area contributed by atoms with E-state index in [4.69, 9.17) is 4.98 Å². The van der Waals surface area contributed by atoms with E-state index in [-0.39, 0.29) is 17.7 Å². The van der Waals surface area contributed by atoms with Crippen LogP contribution in [0.3, 0.4) is 0 Å². The first-order chi connectivity index (χ1) is 15.9. The molecule has 0 bridgehead atoms. The van der Waals surface area contributed by atoms with Crippen molar-refractivity contribution in [3.05, 3.63) is 36.0 Å². The molecule has 2 aliphatic rings. The van der Waals surface area contributed by atoms with Gasteiger partial charge in [-0.2, -0.15) is 4.98 Å². The number of rotatable bonds is 5. The predicted octanol–water partition coefficient (Wildman–Crippen LogP) is 5.30. The smallest absolute Gasteiger partial charge is 0.406 e. The fourth-order valence-electron chi connectivity index (χ4n) is 4.77. The molecule has 2 aromatic rings. The molecule has 0 spiro atoms. The van der Waals surface area contributed by atoms with Crippen molar-refractivity contribution in [3.63, 3.8) is 0 Å². The van der Waals surface area contributed by atoms with Crippen molar-refractivity contribution in [2.45, 2.75) is 64.9 Å². The van der Waals surface area contributed by atoms with E-state index in [9.17, 15) is 18.0 Å². The van der Waals surface area contributed by atoms with Crippen molar-refractivity contribution >= 4 is 23.4 Å². The van der Waals surface area contributed by atoms with Gasteiger partial charge in [-0.3, -0.25) is 4.79 Å². The molecule has 34 heavy (non-hydrogen) atoms. The van der Waals surface area contributed by atoms with E-state index in [1.54, 1.807) is 30.3 Å². The van der Waals surface area contributed by atoms with Crippen LogP contribution in [0.25, 0.3) is 0 Å². The number of amides is 1. The molecule has 184 valence electrons. The van der Waals surface area contributed by atoms with Gasteiger partial charge in [-0.15, -0.1) is 13.2 Å². The lowest BCUT2D eigenvalue weighted by atomic mass is 9.91. The Kier molecular flexibility index (Phi) is 6.35. The number of nitrogens with zero attached hydrogens (tertiary/aromatic N) is 4. The molecule has 10 heteroatoms. The Morgan fingerprint density at radius 1 is 1.18 bits per heavy atom. The van der Waals surface area contributed by atoms with Crippen LogP contribution >= 0.6 is 0 Å². The average molecular weight is 478 g/mol. The first-order valence-corrected chi connectivity index (χ1v) is 11.5. The van der Waals surface area contributed by atoms with Gasteiger partial charge >= 0.3 is 6.36 Å². The summed E-state index contributed by atoms with van der Waals surface area (Å²) in [5.41, 5.74) is 0.863. The van der Waals surface area contributed by atoms with Crippen molar-refractivity contribution in [2.75, 3.05) is 28.7 Å². The average Bonchev–Trinajstić information content (AvgIpc) is 3.28. The highest BCUT2D eigenvalue weighted by molar-refractivity contribution is 6.00. The standard InChI is InChI=1S/C24H30F3N5O2/c1-15(16-9-11-18(12-10-16)34-24(25,26)27)29-22-28-13-19-20(30-22)32(17-7-5-6-8-17)14-23(2,3)21(33)31(19)4/h9-13,15,17H,5-8,14H2,1-4H3,(H,28,29,30). The number of carbonyl (C=O) groups is 1. The summed E-state index contributed by atoms with van der Waals surface area (Å²) in [5.74, 6) is 0.873.